The lowest BCUT2D eigenvalue weighted by molar-refractivity contribution is 0.284. The molecule has 6 nitrogen and oxygen atoms in total. The van der Waals surface area contributed by atoms with Crippen molar-refractivity contribution in [2.45, 2.75) is 32.8 Å². The monoisotopic (exact) mass is 631 g/mol. The Bertz CT molecular complexity index is 1500. The number of nitrogens with zero attached hydrogens (tertiary/aromatic N) is 3. The molecule has 0 saturated carbocycles. The lowest BCUT2D eigenvalue weighted by Gasteiger charge is -2.15. The third-order valence-electron chi connectivity index (χ3n) is 5.82. The molecule has 0 fully saturated rings. The van der Waals surface area contributed by atoms with Gasteiger partial charge in [0.2, 0.25) is 0 Å². The van der Waals surface area contributed by atoms with Crippen LogP contribution in [0.1, 0.15) is 43.1 Å². The first-order valence-electron chi connectivity index (χ1n) is 11.3. The minimum Gasteiger partial charge on any atom is -0.493 e. The van der Waals surface area contributed by atoms with Gasteiger partial charge in [0.05, 0.1) is 24.2 Å². The van der Waals surface area contributed by atoms with E-state index >= 15 is 0 Å². The fourth-order valence-corrected chi connectivity index (χ4v) is 4.57. The summed E-state index contributed by atoms with van der Waals surface area (Å²) in [5.41, 5.74) is 2.01. The fraction of sp³-hybridized carbons (Fsp3) is 0.222. The van der Waals surface area contributed by atoms with Crippen LogP contribution >= 0.6 is 43.5 Å². The molecular formula is C27H24Br2ClN3O3. The first-order valence-corrected chi connectivity index (χ1v) is 13.3. The Morgan fingerprint density at radius 3 is 2.64 bits per heavy atom. The van der Waals surface area contributed by atoms with Crippen LogP contribution < -0.4 is 15.0 Å². The van der Waals surface area contributed by atoms with E-state index in [9.17, 15) is 4.79 Å². The van der Waals surface area contributed by atoms with Crippen molar-refractivity contribution < 1.29 is 9.47 Å². The molecule has 0 aliphatic carbocycles. The minimum absolute atomic E-state index is 0.0430. The van der Waals surface area contributed by atoms with E-state index in [2.05, 4.69) is 43.9 Å². The van der Waals surface area contributed by atoms with Gasteiger partial charge in [0.25, 0.3) is 5.56 Å². The highest BCUT2D eigenvalue weighted by molar-refractivity contribution is 9.10. The molecule has 0 aliphatic heterocycles. The molecule has 186 valence electrons. The molecule has 9 heteroatoms. The standard InChI is InChI=1S/C27H24Br2ClN3O3/c1-4-16(2)26-32-23-10-9-19(28)12-20(23)27(34)33(26)31-14-18-11-24(35-3)25(13-21(18)29)36-15-17-7-5-6-8-22(17)30/h5-14,16H,4,15H2,1-3H3/t16-/m0/s1. The average Bonchev–Trinajstić information content (AvgIpc) is 2.88. The molecule has 0 saturated heterocycles. The maximum atomic E-state index is 13.4. The number of methoxy groups -OCH3 is 1. The van der Waals surface area contributed by atoms with Gasteiger partial charge in [-0.2, -0.15) is 9.78 Å². The predicted molar refractivity (Wildman–Crippen MR) is 152 cm³/mol. The molecule has 0 spiro atoms. The van der Waals surface area contributed by atoms with E-state index in [1.54, 1.807) is 25.5 Å². The molecule has 36 heavy (non-hydrogen) atoms. The smallest absolute Gasteiger partial charge is 0.282 e. The quantitative estimate of drug-likeness (QED) is 0.188. The van der Waals surface area contributed by atoms with E-state index in [1.807, 2.05) is 49.4 Å². The Morgan fingerprint density at radius 2 is 1.92 bits per heavy atom. The molecule has 1 heterocycles. The van der Waals surface area contributed by atoms with E-state index in [-0.39, 0.29) is 11.5 Å². The van der Waals surface area contributed by atoms with Crippen LogP contribution in [0.4, 0.5) is 0 Å². The van der Waals surface area contributed by atoms with Gasteiger partial charge in [-0.3, -0.25) is 4.79 Å². The summed E-state index contributed by atoms with van der Waals surface area (Å²) in [5, 5.41) is 5.68. The molecule has 0 aliphatic rings. The summed E-state index contributed by atoms with van der Waals surface area (Å²) in [6.45, 7) is 4.38. The van der Waals surface area contributed by atoms with Crippen LogP contribution in [0.15, 0.2) is 73.4 Å². The van der Waals surface area contributed by atoms with E-state index in [0.717, 1.165) is 20.9 Å². The summed E-state index contributed by atoms with van der Waals surface area (Å²) in [6.07, 6.45) is 2.43. The first-order chi connectivity index (χ1) is 17.3. The van der Waals surface area contributed by atoms with Crippen molar-refractivity contribution in [2.75, 3.05) is 7.11 Å². The maximum Gasteiger partial charge on any atom is 0.282 e. The van der Waals surface area contributed by atoms with Crippen LogP contribution in [0.2, 0.25) is 5.02 Å². The van der Waals surface area contributed by atoms with Crippen molar-refractivity contribution in [1.29, 1.82) is 0 Å². The van der Waals surface area contributed by atoms with E-state index in [0.29, 0.717) is 45.4 Å². The summed E-state index contributed by atoms with van der Waals surface area (Å²) in [6, 6.07) is 16.6. The average molecular weight is 634 g/mol. The van der Waals surface area contributed by atoms with Crippen LogP contribution in [0.3, 0.4) is 0 Å². The third kappa shape index (κ3) is 5.66. The van der Waals surface area contributed by atoms with Gasteiger partial charge < -0.3 is 9.47 Å². The largest absolute Gasteiger partial charge is 0.493 e. The van der Waals surface area contributed by atoms with Gasteiger partial charge in [-0.1, -0.05) is 59.6 Å². The van der Waals surface area contributed by atoms with Gasteiger partial charge in [0, 0.05) is 31.0 Å². The molecule has 1 aromatic heterocycles. The molecule has 4 rings (SSSR count). The minimum atomic E-state index is -0.226. The summed E-state index contributed by atoms with van der Waals surface area (Å²) in [7, 11) is 1.57. The second-order valence-corrected chi connectivity index (χ2v) is 10.4. The molecule has 3 aromatic carbocycles. The molecular weight excluding hydrogens is 610 g/mol. The van der Waals surface area contributed by atoms with Crippen LogP contribution in [-0.4, -0.2) is 23.0 Å². The lowest BCUT2D eigenvalue weighted by Crippen LogP contribution is -2.23. The topological polar surface area (TPSA) is 65.7 Å². The SMILES string of the molecule is CC[C@H](C)c1nc2ccc(Br)cc2c(=O)n1N=Cc1cc(OC)c(OCc2ccccc2Cl)cc1Br. The van der Waals surface area contributed by atoms with Gasteiger partial charge in [-0.05, 0) is 58.7 Å². The van der Waals surface area contributed by atoms with E-state index in [4.69, 9.17) is 26.1 Å². The summed E-state index contributed by atoms with van der Waals surface area (Å²) in [5.74, 6) is 1.73. The zero-order valence-electron chi connectivity index (χ0n) is 20.0. The zero-order chi connectivity index (χ0) is 25.8. The maximum absolute atomic E-state index is 13.4. The van der Waals surface area contributed by atoms with Crippen LogP contribution in [0.25, 0.3) is 10.9 Å². The van der Waals surface area contributed by atoms with Gasteiger partial charge in [-0.25, -0.2) is 4.98 Å². The van der Waals surface area contributed by atoms with Crippen molar-refractivity contribution in [3.63, 3.8) is 0 Å². The molecule has 0 N–H and O–H groups in total. The van der Waals surface area contributed by atoms with Crippen molar-refractivity contribution in [3.05, 3.63) is 95.9 Å². The molecule has 0 amide bonds. The van der Waals surface area contributed by atoms with Gasteiger partial charge in [-0.15, -0.1) is 0 Å². The summed E-state index contributed by atoms with van der Waals surface area (Å²) >= 11 is 13.3. The zero-order valence-corrected chi connectivity index (χ0v) is 23.9. The fourth-order valence-electron chi connectivity index (χ4n) is 3.59. The Labute approximate surface area is 231 Å². The van der Waals surface area contributed by atoms with Crippen molar-refractivity contribution in [1.82, 2.24) is 9.66 Å². The van der Waals surface area contributed by atoms with Gasteiger partial charge in [0.15, 0.2) is 11.5 Å². The Balaban J connectivity index is 1.71. The Morgan fingerprint density at radius 1 is 1.14 bits per heavy atom. The number of rotatable bonds is 8. The highest BCUT2D eigenvalue weighted by atomic mass is 79.9. The summed E-state index contributed by atoms with van der Waals surface area (Å²) < 4.78 is 14.5. The highest BCUT2D eigenvalue weighted by Gasteiger charge is 2.16. The van der Waals surface area contributed by atoms with Crippen molar-refractivity contribution >= 4 is 60.6 Å². The number of halogens is 3. The Kier molecular flexibility index (Phi) is 8.49. The van der Waals surface area contributed by atoms with Crippen LogP contribution in [-0.2, 0) is 6.61 Å². The number of benzene rings is 3. The van der Waals surface area contributed by atoms with E-state index in [1.165, 1.54) is 4.68 Å². The molecule has 1 atom stereocenters. The van der Waals surface area contributed by atoms with Crippen molar-refractivity contribution in [3.8, 4) is 11.5 Å². The molecule has 0 radical (unpaired) electrons. The summed E-state index contributed by atoms with van der Waals surface area (Å²) in [4.78, 5) is 18.1. The van der Waals surface area contributed by atoms with Gasteiger partial charge >= 0.3 is 0 Å². The predicted octanol–water partition coefficient (Wildman–Crippen LogP) is 7.56. The Hall–Kier alpha value is -2.68. The normalized spacial score (nSPS) is 12.3. The first kappa shape index (κ1) is 26.4. The number of aromatic nitrogens is 2. The van der Waals surface area contributed by atoms with E-state index < -0.39 is 0 Å². The third-order valence-corrected chi connectivity index (χ3v) is 7.37. The molecule has 0 bridgehead atoms. The highest BCUT2D eigenvalue weighted by Crippen LogP contribution is 2.34. The van der Waals surface area contributed by atoms with Crippen LogP contribution in [0.5, 0.6) is 11.5 Å². The van der Waals surface area contributed by atoms with Crippen molar-refractivity contribution in [2.24, 2.45) is 5.10 Å². The number of hydrogen-bond donors (Lipinski definition) is 0. The number of hydrogen-bond acceptors (Lipinski definition) is 5. The number of fused-ring (bicyclic) bond motifs is 1. The lowest BCUT2D eigenvalue weighted by atomic mass is 10.1. The van der Waals surface area contributed by atoms with Crippen LogP contribution in [0, 0.1) is 0 Å². The molecule has 0 unspecified atom stereocenters. The second-order valence-electron chi connectivity index (χ2n) is 8.21. The van der Waals surface area contributed by atoms with Gasteiger partial charge in [0.1, 0.15) is 12.4 Å². The number of ether oxygens (including phenoxy) is 2. The second kappa shape index (κ2) is 11.6. The molecule has 4 aromatic rings.